The predicted molar refractivity (Wildman–Crippen MR) is 82.2 cm³/mol. The molecule has 2 rings (SSSR count). The zero-order chi connectivity index (χ0) is 14.9. The van der Waals surface area contributed by atoms with Gasteiger partial charge in [0.25, 0.3) is 0 Å². The Morgan fingerprint density at radius 3 is 2.60 bits per heavy atom. The summed E-state index contributed by atoms with van der Waals surface area (Å²) in [6.07, 6.45) is 4.75. The van der Waals surface area contributed by atoms with E-state index in [1.54, 1.807) is 11.3 Å². The van der Waals surface area contributed by atoms with Gasteiger partial charge in [0.2, 0.25) is 0 Å². The zero-order valence-electron chi connectivity index (χ0n) is 12.2. The van der Waals surface area contributed by atoms with Crippen LogP contribution < -0.4 is 11.3 Å². The summed E-state index contributed by atoms with van der Waals surface area (Å²) >= 11 is 1.65. The highest BCUT2D eigenvalue weighted by molar-refractivity contribution is 7.91. The number of nitrogens with one attached hydrogen (secondary N) is 1. The molecule has 1 saturated carbocycles. The normalized spacial score (nSPS) is 25.6. The average molecular weight is 317 g/mol. The second-order valence-corrected chi connectivity index (χ2v) is 9.27. The van der Waals surface area contributed by atoms with Crippen molar-refractivity contribution < 1.29 is 8.42 Å². The summed E-state index contributed by atoms with van der Waals surface area (Å²) < 4.78 is 23.6. The number of rotatable bonds is 4. The minimum atomic E-state index is -2.97. The van der Waals surface area contributed by atoms with Crippen LogP contribution in [0.4, 0.5) is 0 Å². The quantitative estimate of drug-likeness (QED) is 0.654. The molecule has 1 heterocycles. The summed E-state index contributed by atoms with van der Waals surface area (Å²) in [6, 6.07) is 0.00532. The van der Waals surface area contributed by atoms with E-state index in [9.17, 15) is 8.42 Å². The highest BCUT2D eigenvalue weighted by Crippen LogP contribution is 2.39. The van der Waals surface area contributed by atoms with Gasteiger partial charge < -0.3 is 0 Å². The number of aromatic nitrogens is 1. The van der Waals surface area contributed by atoms with Crippen molar-refractivity contribution in [2.24, 2.45) is 11.8 Å². The minimum Gasteiger partial charge on any atom is -0.271 e. The van der Waals surface area contributed by atoms with Gasteiger partial charge in [0.15, 0.2) is 0 Å². The Hall–Kier alpha value is -0.500. The molecular weight excluding hydrogens is 294 g/mol. The molecule has 0 amide bonds. The maximum Gasteiger partial charge on any atom is 0.150 e. The van der Waals surface area contributed by atoms with E-state index in [0.717, 1.165) is 34.8 Å². The van der Waals surface area contributed by atoms with Crippen LogP contribution in [0.1, 0.15) is 47.3 Å². The fraction of sp³-hybridized carbons (Fsp3) is 0.769. The standard InChI is InChI=1S/C13H23N3O2S2/c1-8-13(19-9(2)15-8)12(16-14)10-5-4-6-11(7-10)20(3,17)18/h10-12,16H,4-7,14H2,1-3H3. The second kappa shape index (κ2) is 6.09. The fourth-order valence-corrected chi connectivity index (χ4v) is 5.41. The van der Waals surface area contributed by atoms with E-state index in [1.165, 1.54) is 6.26 Å². The average Bonchev–Trinajstić information content (AvgIpc) is 2.69. The Morgan fingerprint density at radius 2 is 2.10 bits per heavy atom. The highest BCUT2D eigenvalue weighted by Gasteiger charge is 2.34. The first-order valence-corrected chi connectivity index (χ1v) is 9.69. The van der Waals surface area contributed by atoms with Crippen molar-refractivity contribution in [3.05, 3.63) is 15.6 Å². The Labute approximate surface area is 124 Å². The number of nitrogens with two attached hydrogens (primary N) is 1. The Bertz CT molecular complexity index is 568. The van der Waals surface area contributed by atoms with Crippen molar-refractivity contribution in [3.8, 4) is 0 Å². The van der Waals surface area contributed by atoms with E-state index in [-0.39, 0.29) is 17.2 Å². The number of hydrogen-bond donors (Lipinski definition) is 2. The smallest absolute Gasteiger partial charge is 0.150 e. The molecule has 0 aliphatic heterocycles. The molecule has 0 saturated heterocycles. The molecule has 1 aromatic rings. The van der Waals surface area contributed by atoms with E-state index >= 15 is 0 Å². The zero-order valence-corrected chi connectivity index (χ0v) is 13.9. The molecule has 0 bridgehead atoms. The lowest BCUT2D eigenvalue weighted by atomic mass is 9.83. The molecule has 20 heavy (non-hydrogen) atoms. The lowest BCUT2D eigenvalue weighted by Crippen LogP contribution is -2.38. The van der Waals surface area contributed by atoms with Crippen LogP contribution in [-0.2, 0) is 9.84 Å². The largest absolute Gasteiger partial charge is 0.271 e. The summed E-state index contributed by atoms with van der Waals surface area (Å²) in [4.78, 5) is 5.59. The van der Waals surface area contributed by atoms with E-state index in [1.807, 2.05) is 13.8 Å². The number of nitrogens with zero attached hydrogens (tertiary/aromatic N) is 1. The predicted octanol–water partition coefficient (Wildman–Crippen LogP) is 1.87. The molecule has 0 aromatic carbocycles. The Morgan fingerprint density at radius 1 is 1.40 bits per heavy atom. The fourth-order valence-electron chi connectivity index (χ4n) is 3.13. The summed E-state index contributed by atoms with van der Waals surface area (Å²) in [5.74, 6) is 6.00. The van der Waals surface area contributed by atoms with Gasteiger partial charge in [-0.3, -0.25) is 11.3 Å². The van der Waals surface area contributed by atoms with Crippen molar-refractivity contribution in [2.75, 3.05) is 6.26 Å². The summed E-state index contributed by atoms with van der Waals surface area (Å²) in [5, 5.41) is 0.791. The van der Waals surface area contributed by atoms with Crippen LogP contribution in [0.25, 0.3) is 0 Å². The second-order valence-electron chi connectivity index (χ2n) is 5.71. The summed E-state index contributed by atoms with van der Waals surface area (Å²) in [6.45, 7) is 3.97. The monoisotopic (exact) mass is 317 g/mol. The Kier molecular flexibility index (Phi) is 4.84. The molecule has 0 radical (unpaired) electrons. The van der Waals surface area contributed by atoms with E-state index in [4.69, 9.17) is 5.84 Å². The SMILES string of the molecule is Cc1nc(C)c(C(NN)C2CCCC(S(C)(=O)=O)C2)s1. The van der Waals surface area contributed by atoms with Gasteiger partial charge in [0, 0.05) is 11.1 Å². The molecule has 1 aromatic heterocycles. The van der Waals surface area contributed by atoms with E-state index in [0.29, 0.717) is 6.42 Å². The van der Waals surface area contributed by atoms with Crippen LogP contribution in [0, 0.1) is 19.8 Å². The molecule has 1 aliphatic rings. The molecular formula is C13H23N3O2S2. The minimum absolute atomic E-state index is 0.00532. The molecule has 3 unspecified atom stereocenters. The molecule has 0 spiro atoms. The number of thiazole rings is 1. The molecule has 114 valence electrons. The number of sulfone groups is 1. The van der Waals surface area contributed by atoms with Gasteiger partial charge in [-0.15, -0.1) is 11.3 Å². The van der Waals surface area contributed by atoms with Gasteiger partial charge in [-0.05, 0) is 39.0 Å². The van der Waals surface area contributed by atoms with Crippen molar-refractivity contribution in [3.63, 3.8) is 0 Å². The van der Waals surface area contributed by atoms with Crippen LogP contribution in [0.2, 0.25) is 0 Å². The van der Waals surface area contributed by atoms with Crippen LogP contribution in [-0.4, -0.2) is 24.9 Å². The van der Waals surface area contributed by atoms with Crippen molar-refractivity contribution >= 4 is 21.2 Å². The van der Waals surface area contributed by atoms with Gasteiger partial charge in [0.05, 0.1) is 22.0 Å². The van der Waals surface area contributed by atoms with Gasteiger partial charge in [-0.25, -0.2) is 13.4 Å². The molecule has 3 N–H and O–H groups in total. The maximum absolute atomic E-state index is 11.8. The molecule has 5 nitrogen and oxygen atoms in total. The first-order chi connectivity index (χ1) is 9.32. The first kappa shape index (κ1) is 15.9. The molecule has 7 heteroatoms. The van der Waals surface area contributed by atoms with Gasteiger partial charge in [-0.1, -0.05) is 6.42 Å². The van der Waals surface area contributed by atoms with Crippen molar-refractivity contribution in [1.82, 2.24) is 10.4 Å². The molecule has 1 fully saturated rings. The number of aryl methyl sites for hydroxylation is 2. The van der Waals surface area contributed by atoms with Gasteiger partial charge in [-0.2, -0.15) is 0 Å². The van der Waals surface area contributed by atoms with Gasteiger partial charge in [0.1, 0.15) is 9.84 Å². The number of hydrogen-bond acceptors (Lipinski definition) is 6. The van der Waals surface area contributed by atoms with Crippen LogP contribution in [0.3, 0.4) is 0 Å². The molecule has 3 atom stereocenters. The van der Waals surface area contributed by atoms with Crippen LogP contribution in [0.15, 0.2) is 0 Å². The maximum atomic E-state index is 11.8. The van der Waals surface area contributed by atoms with E-state index in [2.05, 4.69) is 10.4 Å². The highest BCUT2D eigenvalue weighted by atomic mass is 32.2. The number of hydrazine groups is 1. The van der Waals surface area contributed by atoms with Gasteiger partial charge >= 0.3 is 0 Å². The van der Waals surface area contributed by atoms with E-state index < -0.39 is 9.84 Å². The third-order valence-electron chi connectivity index (χ3n) is 4.14. The summed E-state index contributed by atoms with van der Waals surface area (Å²) in [7, 11) is -2.97. The third kappa shape index (κ3) is 3.39. The van der Waals surface area contributed by atoms with Crippen LogP contribution >= 0.6 is 11.3 Å². The molecule has 1 aliphatic carbocycles. The van der Waals surface area contributed by atoms with Crippen molar-refractivity contribution in [2.45, 2.75) is 50.8 Å². The summed E-state index contributed by atoms with van der Waals surface area (Å²) in [5.41, 5.74) is 3.89. The lowest BCUT2D eigenvalue weighted by molar-refractivity contribution is 0.276. The lowest BCUT2D eigenvalue weighted by Gasteiger charge is -2.33. The first-order valence-electron chi connectivity index (χ1n) is 6.92. The van der Waals surface area contributed by atoms with Crippen molar-refractivity contribution in [1.29, 1.82) is 0 Å². The van der Waals surface area contributed by atoms with Crippen LogP contribution in [0.5, 0.6) is 0 Å². The Balaban J connectivity index is 2.21. The third-order valence-corrected chi connectivity index (χ3v) is 6.94. The topological polar surface area (TPSA) is 85.1 Å².